The molecule has 9 heteroatoms. The number of nitrogens with zero attached hydrogens (tertiary/aromatic N) is 4. The van der Waals surface area contributed by atoms with Crippen molar-refractivity contribution in [2.75, 3.05) is 5.32 Å². The molecule has 2 heterocycles. The SMILES string of the molecule is CC(C)C(C)Nc1c(-c2ccc(C#N)cc2Cl)c(Cl)nc2c(C(=O)O)cnn12. The molecule has 0 amide bonds. The van der Waals surface area contributed by atoms with Crippen LogP contribution in [0.2, 0.25) is 10.2 Å². The number of carboxylic acids is 1. The molecule has 0 aliphatic rings. The van der Waals surface area contributed by atoms with Crippen molar-refractivity contribution in [2.45, 2.75) is 26.8 Å². The fraction of sp³-hybridized carbons (Fsp3) is 0.263. The highest BCUT2D eigenvalue weighted by molar-refractivity contribution is 6.36. The number of nitriles is 1. The van der Waals surface area contributed by atoms with Crippen LogP contribution in [0.15, 0.2) is 24.4 Å². The molecule has 2 aromatic heterocycles. The van der Waals surface area contributed by atoms with E-state index in [1.807, 2.05) is 13.0 Å². The molecule has 1 unspecified atom stereocenters. The Bertz CT molecular complexity index is 1120. The number of rotatable bonds is 5. The second-order valence-electron chi connectivity index (χ2n) is 6.71. The number of aromatic nitrogens is 3. The predicted molar refractivity (Wildman–Crippen MR) is 108 cm³/mol. The molecule has 0 spiro atoms. The molecule has 1 atom stereocenters. The van der Waals surface area contributed by atoms with E-state index in [0.717, 1.165) is 0 Å². The van der Waals surface area contributed by atoms with Gasteiger partial charge in [-0.3, -0.25) is 0 Å². The number of benzene rings is 1. The van der Waals surface area contributed by atoms with Crippen LogP contribution in [0.5, 0.6) is 0 Å². The van der Waals surface area contributed by atoms with Crippen molar-refractivity contribution >= 4 is 40.6 Å². The molecule has 0 saturated carbocycles. The first-order chi connectivity index (χ1) is 13.2. The Balaban J connectivity index is 2.34. The third-order valence-corrected chi connectivity index (χ3v) is 5.15. The van der Waals surface area contributed by atoms with E-state index in [9.17, 15) is 9.90 Å². The highest BCUT2D eigenvalue weighted by Crippen LogP contribution is 2.39. The lowest BCUT2D eigenvalue weighted by Gasteiger charge is -2.22. The summed E-state index contributed by atoms with van der Waals surface area (Å²) in [7, 11) is 0. The van der Waals surface area contributed by atoms with Gasteiger partial charge in [0.2, 0.25) is 0 Å². The van der Waals surface area contributed by atoms with Crippen LogP contribution in [0, 0.1) is 17.2 Å². The van der Waals surface area contributed by atoms with Crippen molar-refractivity contribution in [3.8, 4) is 17.2 Å². The number of anilines is 1. The summed E-state index contributed by atoms with van der Waals surface area (Å²) in [5.41, 5.74) is 1.53. The Labute approximate surface area is 171 Å². The molecule has 2 N–H and O–H groups in total. The van der Waals surface area contributed by atoms with Gasteiger partial charge in [-0.1, -0.05) is 43.1 Å². The van der Waals surface area contributed by atoms with Crippen molar-refractivity contribution < 1.29 is 9.90 Å². The number of hydrogen-bond acceptors (Lipinski definition) is 5. The molecule has 0 aliphatic carbocycles. The largest absolute Gasteiger partial charge is 0.477 e. The zero-order valence-electron chi connectivity index (χ0n) is 15.4. The first-order valence-electron chi connectivity index (χ1n) is 8.51. The summed E-state index contributed by atoms with van der Waals surface area (Å²) in [5.74, 6) is -0.387. The maximum absolute atomic E-state index is 11.5. The Morgan fingerprint density at radius 2 is 2.04 bits per heavy atom. The lowest BCUT2D eigenvalue weighted by molar-refractivity contribution is 0.0699. The minimum Gasteiger partial charge on any atom is -0.477 e. The second-order valence-corrected chi connectivity index (χ2v) is 7.47. The van der Waals surface area contributed by atoms with Gasteiger partial charge in [0.05, 0.1) is 23.4 Å². The van der Waals surface area contributed by atoms with E-state index in [0.29, 0.717) is 27.5 Å². The van der Waals surface area contributed by atoms with Crippen LogP contribution in [-0.4, -0.2) is 31.7 Å². The fourth-order valence-corrected chi connectivity index (χ4v) is 3.20. The van der Waals surface area contributed by atoms with Crippen LogP contribution in [0.25, 0.3) is 16.8 Å². The third-order valence-electron chi connectivity index (χ3n) is 4.57. The maximum atomic E-state index is 11.5. The fourth-order valence-electron chi connectivity index (χ4n) is 2.66. The van der Waals surface area contributed by atoms with Gasteiger partial charge in [-0.05, 0) is 25.0 Å². The van der Waals surface area contributed by atoms with Gasteiger partial charge in [0.1, 0.15) is 16.5 Å². The van der Waals surface area contributed by atoms with E-state index >= 15 is 0 Å². The molecule has 0 radical (unpaired) electrons. The zero-order chi connectivity index (χ0) is 20.6. The van der Waals surface area contributed by atoms with E-state index in [-0.39, 0.29) is 28.3 Å². The van der Waals surface area contributed by atoms with Crippen LogP contribution in [0.3, 0.4) is 0 Å². The van der Waals surface area contributed by atoms with Gasteiger partial charge in [0.15, 0.2) is 5.65 Å². The summed E-state index contributed by atoms with van der Waals surface area (Å²) in [6.45, 7) is 6.10. The van der Waals surface area contributed by atoms with Crippen molar-refractivity contribution in [1.29, 1.82) is 5.26 Å². The quantitative estimate of drug-likeness (QED) is 0.581. The van der Waals surface area contributed by atoms with Crippen molar-refractivity contribution in [3.63, 3.8) is 0 Å². The van der Waals surface area contributed by atoms with Gasteiger partial charge in [-0.15, -0.1) is 0 Å². The van der Waals surface area contributed by atoms with Crippen LogP contribution in [-0.2, 0) is 0 Å². The van der Waals surface area contributed by atoms with E-state index in [1.165, 1.54) is 10.7 Å². The molecule has 3 rings (SSSR count). The second kappa shape index (κ2) is 7.66. The number of carbonyl (C=O) groups is 1. The Morgan fingerprint density at radius 3 is 2.61 bits per heavy atom. The summed E-state index contributed by atoms with van der Waals surface area (Å²) in [6, 6.07) is 6.91. The molecule has 7 nitrogen and oxygen atoms in total. The van der Waals surface area contributed by atoms with E-state index in [1.54, 1.807) is 18.2 Å². The Morgan fingerprint density at radius 1 is 1.32 bits per heavy atom. The minimum atomic E-state index is -1.15. The molecule has 0 aliphatic heterocycles. The summed E-state index contributed by atoms with van der Waals surface area (Å²) >= 11 is 12.9. The average molecular weight is 418 g/mol. The molecule has 0 saturated heterocycles. The maximum Gasteiger partial charge on any atom is 0.341 e. The number of hydrogen-bond donors (Lipinski definition) is 2. The smallest absolute Gasteiger partial charge is 0.341 e. The van der Waals surface area contributed by atoms with Gasteiger partial charge in [-0.25, -0.2) is 9.78 Å². The third kappa shape index (κ3) is 3.49. The number of aromatic carboxylic acids is 1. The molecule has 3 aromatic rings. The number of fused-ring (bicyclic) bond motifs is 1. The normalized spacial score (nSPS) is 12.2. The predicted octanol–water partition coefficient (Wildman–Crippen LogP) is 4.73. The zero-order valence-corrected chi connectivity index (χ0v) is 16.9. The monoisotopic (exact) mass is 417 g/mol. The molecule has 28 heavy (non-hydrogen) atoms. The number of halogens is 2. The highest BCUT2D eigenvalue weighted by atomic mass is 35.5. The number of nitrogens with one attached hydrogen (secondary N) is 1. The van der Waals surface area contributed by atoms with Gasteiger partial charge < -0.3 is 10.4 Å². The molecule has 0 bridgehead atoms. The first-order valence-corrected chi connectivity index (χ1v) is 9.27. The van der Waals surface area contributed by atoms with Gasteiger partial charge >= 0.3 is 5.97 Å². The van der Waals surface area contributed by atoms with Gasteiger partial charge in [0, 0.05) is 16.6 Å². The topological polar surface area (TPSA) is 103 Å². The lowest BCUT2D eigenvalue weighted by Crippen LogP contribution is -2.24. The van der Waals surface area contributed by atoms with Crippen molar-refractivity contribution in [1.82, 2.24) is 14.6 Å². The minimum absolute atomic E-state index is 0.0232. The van der Waals surface area contributed by atoms with Gasteiger partial charge in [0.25, 0.3) is 0 Å². The standard InChI is InChI=1S/C19H17Cl2N5O2/c1-9(2)10(3)24-18-15(12-5-4-11(7-22)6-14(12)20)16(21)25-17-13(19(27)28)8-23-26(17)18/h4-6,8-10,24H,1-3H3,(H,27,28). The lowest BCUT2D eigenvalue weighted by atomic mass is 10.0. The number of carboxylic acid groups (broad SMARTS) is 1. The van der Waals surface area contributed by atoms with Crippen molar-refractivity contribution in [3.05, 3.63) is 45.7 Å². The van der Waals surface area contributed by atoms with E-state index in [4.69, 9.17) is 28.5 Å². The average Bonchev–Trinajstić information content (AvgIpc) is 3.06. The molecular formula is C19H17Cl2N5O2. The van der Waals surface area contributed by atoms with Gasteiger partial charge in [-0.2, -0.15) is 14.9 Å². The molecule has 144 valence electrons. The Hall–Kier alpha value is -2.82. The molecule has 0 fully saturated rings. The van der Waals surface area contributed by atoms with Crippen molar-refractivity contribution in [2.24, 2.45) is 5.92 Å². The van der Waals surface area contributed by atoms with Crippen LogP contribution in [0.1, 0.15) is 36.7 Å². The highest BCUT2D eigenvalue weighted by Gasteiger charge is 2.24. The first kappa shape index (κ1) is 19.9. The summed E-state index contributed by atoms with van der Waals surface area (Å²) < 4.78 is 1.41. The van der Waals surface area contributed by atoms with E-state index in [2.05, 4.69) is 29.2 Å². The molecule has 1 aromatic carbocycles. The summed E-state index contributed by atoms with van der Waals surface area (Å²) in [4.78, 5) is 15.8. The van der Waals surface area contributed by atoms with Crippen LogP contribution < -0.4 is 5.32 Å². The molecular weight excluding hydrogens is 401 g/mol. The van der Waals surface area contributed by atoms with Crippen LogP contribution in [0.4, 0.5) is 5.82 Å². The van der Waals surface area contributed by atoms with E-state index < -0.39 is 5.97 Å². The Kier molecular flexibility index (Phi) is 5.45. The van der Waals surface area contributed by atoms with Crippen LogP contribution >= 0.6 is 23.2 Å². The summed E-state index contributed by atoms with van der Waals surface area (Å²) in [6.07, 6.45) is 1.23. The summed E-state index contributed by atoms with van der Waals surface area (Å²) in [5, 5.41) is 26.5.